The van der Waals surface area contributed by atoms with Crippen LogP contribution >= 0.6 is 0 Å². The van der Waals surface area contributed by atoms with Gasteiger partial charge in [-0.1, -0.05) is 30.3 Å². The molecule has 21 heavy (non-hydrogen) atoms. The Morgan fingerprint density at radius 3 is 2.52 bits per heavy atom. The van der Waals surface area contributed by atoms with Crippen LogP contribution in [0.1, 0.15) is 17.2 Å². The number of halogens is 1. The Hall–Kier alpha value is -2.31. The fraction of sp³-hybridized carbons (Fsp3) is 0.200. The molecule has 0 spiro atoms. The molecule has 0 bridgehead atoms. The summed E-state index contributed by atoms with van der Waals surface area (Å²) in [5.74, 6) is -0.666. The molecule has 0 aliphatic rings. The molecule has 0 aliphatic heterocycles. The average molecular weight is 290 g/mol. The van der Waals surface area contributed by atoms with E-state index in [1.165, 1.54) is 0 Å². The van der Waals surface area contributed by atoms with Gasteiger partial charge in [-0.3, -0.25) is 10.1 Å². The Morgan fingerprint density at radius 2 is 1.90 bits per heavy atom. The van der Waals surface area contributed by atoms with Crippen LogP contribution in [-0.4, -0.2) is 16.1 Å². The lowest BCUT2D eigenvalue weighted by Crippen LogP contribution is -2.29. The molecule has 6 heteroatoms. The first-order chi connectivity index (χ1) is 9.99. The highest BCUT2D eigenvalue weighted by Crippen LogP contribution is 2.24. The number of nitro groups is 1. The van der Waals surface area contributed by atoms with Gasteiger partial charge in [0.1, 0.15) is 5.82 Å². The SMILES string of the molecule is N[C@@H](c1cc([N+](=O)[O-])ccc1F)[C@H](O)Cc1ccccc1. The summed E-state index contributed by atoms with van der Waals surface area (Å²) >= 11 is 0. The molecule has 2 aromatic rings. The lowest BCUT2D eigenvalue weighted by atomic mass is 9.96. The zero-order valence-corrected chi connectivity index (χ0v) is 11.1. The summed E-state index contributed by atoms with van der Waals surface area (Å²) in [5, 5.41) is 20.8. The molecule has 0 heterocycles. The number of benzene rings is 2. The highest BCUT2D eigenvalue weighted by molar-refractivity contribution is 5.37. The van der Waals surface area contributed by atoms with Crippen molar-refractivity contribution in [3.63, 3.8) is 0 Å². The van der Waals surface area contributed by atoms with E-state index in [0.29, 0.717) is 0 Å². The van der Waals surface area contributed by atoms with E-state index in [2.05, 4.69) is 0 Å². The summed E-state index contributed by atoms with van der Waals surface area (Å²) in [5.41, 5.74) is 6.38. The van der Waals surface area contributed by atoms with E-state index in [-0.39, 0.29) is 17.7 Å². The second-order valence-corrected chi connectivity index (χ2v) is 4.75. The van der Waals surface area contributed by atoms with Gasteiger partial charge in [0.05, 0.1) is 17.1 Å². The molecule has 0 saturated carbocycles. The average Bonchev–Trinajstić information content (AvgIpc) is 2.47. The first-order valence-corrected chi connectivity index (χ1v) is 6.40. The Labute approximate surface area is 121 Å². The van der Waals surface area contributed by atoms with Crippen LogP contribution in [0.4, 0.5) is 10.1 Å². The van der Waals surface area contributed by atoms with Gasteiger partial charge in [-0.15, -0.1) is 0 Å². The van der Waals surface area contributed by atoms with Gasteiger partial charge >= 0.3 is 0 Å². The monoisotopic (exact) mass is 290 g/mol. The zero-order chi connectivity index (χ0) is 15.4. The van der Waals surface area contributed by atoms with E-state index in [0.717, 1.165) is 23.8 Å². The molecular formula is C15H15FN2O3. The standard InChI is InChI=1S/C15H15FN2O3/c16-13-7-6-11(18(20)21)9-12(13)15(17)14(19)8-10-4-2-1-3-5-10/h1-7,9,14-15,19H,8,17H2/t14-,15+/m1/s1. The molecule has 2 rings (SSSR count). The molecule has 5 nitrogen and oxygen atoms in total. The maximum Gasteiger partial charge on any atom is 0.269 e. The molecule has 0 radical (unpaired) electrons. The minimum atomic E-state index is -1.04. The van der Waals surface area contributed by atoms with Crippen LogP contribution in [0.25, 0.3) is 0 Å². The molecular weight excluding hydrogens is 275 g/mol. The molecule has 0 unspecified atom stereocenters. The Balaban J connectivity index is 2.20. The number of nitrogens with two attached hydrogens (primary N) is 1. The molecule has 2 atom stereocenters. The lowest BCUT2D eigenvalue weighted by molar-refractivity contribution is -0.385. The number of hydrogen-bond donors (Lipinski definition) is 2. The summed E-state index contributed by atoms with van der Waals surface area (Å²) in [4.78, 5) is 10.1. The lowest BCUT2D eigenvalue weighted by Gasteiger charge is -2.19. The number of nitro benzene ring substituents is 1. The zero-order valence-electron chi connectivity index (χ0n) is 11.1. The second kappa shape index (κ2) is 6.43. The van der Waals surface area contributed by atoms with Crippen LogP contribution in [0.15, 0.2) is 48.5 Å². The van der Waals surface area contributed by atoms with Crippen LogP contribution in [-0.2, 0) is 6.42 Å². The van der Waals surface area contributed by atoms with E-state index >= 15 is 0 Å². The Morgan fingerprint density at radius 1 is 1.24 bits per heavy atom. The molecule has 0 saturated heterocycles. The predicted octanol–water partition coefficient (Wildman–Crippen LogP) is 2.34. The van der Waals surface area contributed by atoms with Crippen LogP contribution in [0.3, 0.4) is 0 Å². The number of rotatable bonds is 5. The van der Waals surface area contributed by atoms with E-state index < -0.39 is 22.9 Å². The largest absolute Gasteiger partial charge is 0.391 e. The molecule has 2 aromatic carbocycles. The smallest absolute Gasteiger partial charge is 0.269 e. The minimum Gasteiger partial charge on any atom is -0.391 e. The van der Waals surface area contributed by atoms with E-state index in [1.807, 2.05) is 30.3 Å². The summed E-state index contributed by atoms with van der Waals surface area (Å²) < 4.78 is 13.8. The molecule has 0 aliphatic carbocycles. The molecule has 0 aromatic heterocycles. The summed E-state index contributed by atoms with van der Waals surface area (Å²) in [7, 11) is 0. The van der Waals surface area contributed by atoms with Crippen LogP contribution in [0.5, 0.6) is 0 Å². The van der Waals surface area contributed by atoms with Crippen molar-refractivity contribution in [2.45, 2.75) is 18.6 Å². The maximum atomic E-state index is 13.8. The highest BCUT2D eigenvalue weighted by Gasteiger charge is 2.22. The topological polar surface area (TPSA) is 89.4 Å². The van der Waals surface area contributed by atoms with Crippen LogP contribution < -0.4 is 5.73 Å². The van der Waals surface area contributed by atoms with Gasteiger partial charge in [-0.2, -0.15) is 0 Å². The third-order valence-corrected chi connectivity index (χ3v) is 3.25. The maximum absolute atomic E-state index is 13.8. The summed E-state index contributed by atoms with van der Waals surface area (Å²) in [6.45, 7) is 0. The normalized spacial score (nSPS) is 13.7. The summed E-state index contributed by atoms with van der Waals surface area (Å²) in [6, 6.07) is 11.2. The number of non-ortho nitro benzene ring substituents is 1. The summed E-state index contributed by atoms with van der Waals surface area (Å²) in [6.07, 6.45) is -0.798. The predicted molar refractivity (Wildman–Crippen MR) is 76.1 cm³/mol. The number of aliphatic hydroxyl groups is 1. The quantitative estimate of drug-likeness (QED) is 0.653. The van der Waals surface area contributed by atoms with Gasteiger partial charge in [0.15, 0.2) is 0 Å². The van der Waals surface area contributed by atoms with Gasteiger partial charge in [0.2, 0.25) is 0 Å². The van der Waals surface area contributed by atoms with Crippen molar-refractivity contribution in [1.82, 2.24) is 0 Å². The van der Waals surface area contributed by atoms with Crippen molar-refractivity contribution in [2.75, 3.05) is 0 Å². The van der Waals surface area contributed by atoms with Crippen molar-refractivity contribution in [1.29, 1.82) is 0 Å². The highest BCUT2D eigenvalue weighted by atomic mass is 19.1. The third-order valence-electron chi connectivity index (χ3n) is 3.25. The number of hydrogen-bond acceptors (Lipinski definition) is 4. The van der Waals surface area contributed by atoms with Crippen molar-refractivity contribution < 1.29 is 14.4 Å². The Bertz CT molecular complexity index is 634. The fourth-order valence-electron chi connectivity index (χ4n) is 2.09. The van der Waals surface area contributed by atoms with Gasteiger partial charge in [0.25, 0.3) is 5.69 Å². The second-order valence-electron chi connectivity index (χ2n) is 4.75. The Kier molecular flexibility index (Phi) is 4.62. The van der Waals surface area contributed by atoms with Crippen molar-refractivity contribution in [2.24, 2.45) is 5.73 Å². The van der Waals surface area contributed by atoms with Crippen molar-refractivity contribution >= 4 is 5.69 Å². The molecule has 0 amide bonds. The van der Waals surface area contributed by atoms with E-state index in [9.17, 15) is 19.6 Å². The first-order valence-electron chi connectivity index (χ1n) is 6.40. The van der Waals surface area contributed by atoms with Crippen molar-refractivity contribution in [3.8, 4) is 0 Å². The van der Waals surface area contributed by atoms with Gasteiger partial charge in [-0.25, -0.2) is 4.39 Å². The van der Waals surface area contributed by atoms with Gasteiger partial charge < -0.3 is 10.8 Å². The fourth-order valence-corrected chi connectivity index (χ4v) is 2.09. The molecule has 0 fully saturated rings. The van der Waals surface area contributed by atoms with Gasteiger partial charge in [0, 0.05) is 24.1 Å². The molecule has 3 N–H and O–H groups in total. The third kappa shape index (κ3) is 3.62. The number of aliphatic hydroxyl groups excluding tert-OH is 1. The number of nitrogens with zero attached hydrogens (tertiary/aromatic N) is 1. The first kappa shape index (κ1) is 15.1. The van der Waals surface area contributed by atoms with E-state index in [1.54, 1.807) is 0 Å². The minimum absolute atomic E-state index is 0.0624. The van der Waals surface area contributed by atoms with Gasteiger partial charge in [-0.05, 0) is 11.6 Å². The van der Waals surface area contributed by atoms with E-state index in [4.69, 9.17) is 5.73 Å². The van der Waals surface area contributed by atoms with Crippen LogP contribution in [0, 0.1) is 15.9 Å². The molecule has 110 valence electrons. The van der Waals surface area contributed by atoms with Crippen molar-refractivity contribution in [3.05, 3.63) is 75.6 Å². The van der Waals surface area contributed by atoms with Crippen LogP contribution in [0.2, 0.25) is 0 Å².